The van der Waals surface area contributed by atoms with Gasteiger partial charge in [0.1, 0.15) is 18.4 Å². The third-order valence-corrected chi connectivity index (χ3v) is 5.45. The Morgan fingerprint density at radius 2 is 1.72 bits per heavy atom. The zero-order valence-electron chi connectivity index (χ0n) is 15.9. The van der Waals surface area contributed by atoms with Crippen LogP contribution in [0.15, 0.2) is 48.5 Å². The molecule has 0 unspecified atom stereocenters. The van der Waals surface area contributed by atoms with Crippen molar-refractivity contribution >= 4 is 17.7 Å². The SMILES string of the molecule is O=C(NCc1ccc(F)cc1)c1ccc(CN2CC(=O)N3CCC[C@@H]3C2=O)cc1. The Bertz CT molecular complexity index is 927. The van der Waals surface area contributed by atoms with Crippen molar-refractivity contribution in [2.24, 2.45) is 0 Å². The van der Waals surface area contributed by atoms with Crippen LogP contribution in [-0.2, 0) is 22.7 Å². The van der Waals surface area contributed by atoms with Crippen molar-refractivity contribution in [2.75, 3.05) is 13.1 Å². The molecule has 0 radical (unpaired) electrons. The van der Waals surface area contributed by atoms with Gasteiger partial charge >= 0.3 is 0 Å². The van der Waals surface area contributed by atoms with Crippen molar-refractivity contribution in [2.45, 2.75) is 32.0 Å². The smallest absolute Gasteiger partial charge is 0.251 e. The van der Waals surface area contributed by atoms with Crippen LogP contribution >= 0.6 is 0 Å². The lowest BCUT2D eigenvalue weighted by Crippen LogP contribution is -2.56. The fourth-order valence-corrected chi connectivity index (χ4v) is 3.87. The number of amides is 3. The summed E-state index contributed by atoms with van der Waals surface area (Å²) in [6.45, 7) is 1.44. The Labute approximate surface area is 168 Å². The van der Waals surface area contributed by atoms with Gasteiger partial charge in [-0.25, -0.2) is 4.39 Å². The number of carbonyl (C=O) groups is 3. The third-order valence-electron chi connectivity index (χ3n) is 5.45. The van der Waals surface area contributed by atoms with Crippen molar-refractivity contribution in [3.8, 4) is 0 Å². The fourth-order valence-electron chi connectivity index (χ4n) is 3.87. The Morgan fingerprint density at radius 3 is 2.45 bits per heavy atom. The number of halogens is 1. The molecular weight excluding hydrogens is 373 g/mol. The van der Waals surface area contributed by atoms with Crippen LogP contribution in [0.25, 0.3) is 0 Å². The highest BCUT2D eigenvalue weighted by Gasteiger charge is 2.41. The maximum atomic E-state index is 12.9. The first-order chi connectivity index (χ1) is 14.0. The highest BCUT2D eigenvalue weighted by atomic mass is 19.1. The average molecular weight is 395 g/mol. The summed E-state index contributed by atoms with van der Waals surface area (Å²) >= 11 is 0. The summed E-state index contributed by atoms with van der Waals surface area (Å²) in [6, 6.07) is 12.6. The molecule has 1 atom stereocenters. The predicted octanol–water partition coefficient (Wildman–Crippen LogP) is 2.09. The summed E-state index contributed by atoms with van der Waals surface area (Å²) in [5, 5.41) is 2.80. The lowest BCUT2D eigenvalue weighted by Gasteiger charge is -2.36. The van der Waals surface area contributed by atoms with Gasteiger partial charge in [-0.15, -0.1) is 0 Å². The van der Waals surface area contributed by atoms with Crippen LogP contribution in [0.1, 0.15) is 34.3 Å². The van der Waals surface area contributed by atoms with E-state index >= 15 is 0 Å². The number of hydrogen-bond acceptors (Lipinski definition) is 3. The Morgan fingerprint density at radius 1 is 1.03 bits per heavy atom. The van der Waals surface area contributed by atoms with Crippen LogP contribution in [-0.4, -0.2) is 46.7 Å². The summed E-state index contributed by atoms with van der Waals surface area (Å²) in [5.41, 5.74) is 2.18. The van der Waals surface area contributed by atoms with Crippen LogP contribution in [0.2, 0.25) is 0 Å². The topological polar surface area (TPSA) is 69.7 Å². The molecule has 2 aliphatic rings. The van der Waals surface area contributed by atoms with Gasteiger partial charge in [0.2, 0.25) is 11.8 Å². The Hall–Kier alpha value is -3.22. The maximum absolute atomic E-state index is 12.9. The summed E-state index contributed by atoms with van der Waals surface area (Å²) in [5.74, 6) is -0.538. The van der Waals surface area contributed by atoms with E-state index in [-0.39, 0.29) is 36.1 Å². The quantitative estimate of drug-likeness (QED) is 0.843. The molecular formula is C22H22FN3O3. The van der Waals surface area contributed by atoms with Gasteiger partial charge in [-0.3, -0.25) is 14.4 Å². The van der Waals surface area contributed by atoms with E-state index in [1.165, 1.54) is 12.1 Å². The summed E-state index contributed by atoms with van der Waals surface area (Å²) in [7, 11) is 0. The monoisotopic (exact) mass is 395 g/mol. The summed E-state index contributed by atoms with van der Waals surface area (Å²) in [6.07, 6.45) is 1.60. The van der Waals surface area contributed by atoms with Gasteiger partial charge < -0.3 is 15.1 Å². The minimum atomic E-state index is -0.315. The van der Waals surface area contributed by atoms with Crippen LogP contribution < -0.4 is 5.32 Å². The summed E-state index contributed by atoms with van der Waals surface area (Å²) < 4.78 is 12.9. The van der Waals surface area contributed by atoms with Crippen molar-refractivity contribution in [3.63, 3.8) is 0 Å². The van der Waals surface area contributed by atoms with Crippen molar-refractivity contribution in [3.05, 3.63) is 71.0 Å². The predicted molar refractivity (Wildman–Crippen MR) is 104 cm³/mol. The Balaban J connectivity index is 1.35. The Kier molecular flexibility index (Phi) is 5.29. The molecule has 29 heavy (non-hydrogen) atoms. The first-order valence-corrected chi connectivity index (χ1v) is 9.71. The molecule has 1 N–H and O–H groups in total. The second-order valence-corrected chi connectivity index (χ2v) is 7.45. The highest BCUT2D eigenvalue weighted by Crippen LogP contribution is 2.24. The number of nitrogens with zero attached hydrogens (tertiary/aromatic N) is 2. The van der Waals surface area contributed by atoms with Gasteiger partial charge in [-0.1, -0.05) is 24.3 Å². The van der Waals surface area contributed by atoms with Gasteiger partial charge in [-0.2, -0.15) is 0 Å². The molecule has 0 bridgehead atoms. The number of fused-ring (bicyclic) bond motifs is 1. The first kappa shape index (κ1) is 19.1. The van der Waals surface area contributed by atoms with E-state index in [0.717, 1.165) is 24.0 Å². The molecule has 3 amide bonds. The minimum absolute atomic E-state index is 0.00298. The molecule has 2 aliphatic heterocycles. The number of hydrogen-bond donors (Lipinski definition) is 1. The summed E-state index contributed by atoms with van der Waals surface area (Å²) in [4.78, 5) is 40.4. The number of carbonyl (C=O) groups excluding carboxylic acids is 3. The van der Waals surface area contributed by atoms with Gasteiger partial charge in [0.05, 0.1) is 0 Å². The van der Waals surface area contributed by atoms with E-state index in [1.54, 1.807) is 46.2 Å². The lowest BCUT2D eigenvalue weighted by molar-refractivity contribution is -0.154. The molecule has 0 saturated carbocycles. The number of nitrogens with one attached hydrogen (secondary N) is 1. The largest absolute Gasteiger partial charge is 0.348 e. The molecule has 4 rings (SSSR count). The van der Waals surface area contributed by atoms with Crippen LogP contribution in [0.3, 0.4) is 0 Å². The zero-order chi connectivity index (χ0) is 20.4. The van der Waals surface area contributed by atoms with Crippen LogP contribution in [0, 0.1) is 5.82 Å². The van der Waals surface area contributed by atoms with Gasteiger partial charge in [0.25, 0.3) is 5.91 Å². The number of rotatable bonds is 5. The van der Waals surface area contributed by atoms with Gasteiger partial charge in [-0.05, 0) is 48.2 Å². The molecule has 0 spiro atoms. The number of piperazine rings is 1. The minimum Gasteiger partial charge on any atom is -0.348 e. The van der Waals surface area contributed by atoms with Crippen molar-refractivity contribution in [1.29, 1.82) is 0 Å². The van der Waals surface area contributed by atoms with E-state index in [0.29, 0.717) is 25.2 Å². The zero-order valence-corrected chi connectivity index (χ0v) is 15.9. The first-order valence-electron chi connectivity index (χ1n) is 9.71. The van der Waals surface area contributed by atoms with Crippen LogP contribution in [0.5, 0.6) is 0 Å². The molecule has 2 fully saturated rings. The van der Waals surface area contributed by atoms with E-state index in [2.05, 4.69) is 5.32 Å². The van der Waals surface area contributed by atoms with Gasteiger partial charge in [0, 0.05) is 25.2 Å². The molecule has 2 saturated heterocycles. The second-order valence-electron chi connectivity index (χ2n) is 7.45. The van der Waals surface area contributed by atoms with Crippen molar-refractivity contribution < 1.29 is 18.8 Å². The third kappa shape index (κ3) is 4.13. The van der Waals surface area contributed by atoms with E-state index in [1.807, 2.05) is 0 Å². The number of benzene rings is 2. The molecule has 0 aliphatic carbocycles. The molecule has 6 nitrogen and oxygen atoms in total. The molecule has 2 aromatic carbocycles. The molecule has 2 heterocycles. The van der Waals surface area contributed by atoms with Gasteiger partial charge in [0.15, 0.2) is 0 Å². The molecule has 7 heteroatoms. The molecule has 0 aromatic heterocycles. The second kappa shape index (κ2) is 8.03. The van der Waals surface area contributed by atoms with E-state index in [4.69, 9.17) is 0 Å². The van der Waals surface area contributed by atoms with E-state index in [9.17, 15) is 18.8 Å². The lowest BCUT2D eigenvalue weighted by atomic mass is 10.1. The standard InChI is InChI=1S/C22H22FN3O3/c23-18-9-5-15(6-10-18)12-24-21(28)17-7-3-16(4-8-17)13-25-14-20(27)26-11-1-2-19(26)22(25)29/h3-10,19H,1-2,11-14H2,(H,24,28)/t19-/m1/s1. The highest BCUT2D eigenvalue weighted by molar-refractivity contribution is 5.95. The van der Waals surface area contributed by atoms with Crippen molar-refractivity contribution in [1.82, 2.24) is 15.1 Å². The van der Waals surface area contributed by atoms with E-state index < -0.39 is 0 Å². The maximum Gasteiger partial charge on any atom is 0.251 e. The fraction of sp³-hybridized carbons (Fsp3) is 0.318. The normalized spacial score (nSPS) is 18.7. The average Bonchev–Trinajstić information content (AvgIpc) is 3.23. The van der Waals surface area contributed by atoms with Crippen LogP contribution in [0.4, 0.5) is 4.39 Å². The molecule has 2 aromatic rings. The molecule has 150 valence electrons.